The van der Waals surface area contributed by atoms with E-state index in [1.165, 1.54) is 0 Å². The second-order valence-corrected chi connectivity index (χ2v) is 8.03. The minimum absolute atomic E-state index is 0.144. The number of nitrogens with zero attached hydrogens (tertiary/aromatic N) is 5. The highest BCUT2D eigenvalue weighted by Crippen LogP contribution is 2.35. The van der Waals surface area contributed by atoms with Crippen LogP contribution in [0.1, 0.15) is 12.8 Å². The molecule has 0 aliphatic carbocycles. The number of imidazole rings is 1. The standard InChI is InChI=1S/C23H19F2N7/c24-23(25)6-9-32(10-7-23)19-5-1-4-16-21(19)29-22(28-16)20-15-11-17(14-3-2-8-26-12-14)27-13-18(15)30-31-20/h1-5,8,11-13H,6-7,9-10H2,(H,28,29)(H,30,31). The summed E-state index contributed by atoms with van der Waals surface area (Å²) in [6.07, 6.45) is 4.95. The topological polar surface area (TPSA) is 86.4 Å². The van der Waals surface area contributed by atoms with Gasteiger partial charge in [0.2, 0.25) is 0 Å². The van der Waals surface area contributed by atoms with Gasteiger partial charge in [0.25, 0.3) is 5.92 Å². The van der Waals surface area contributed by atoms with Crippen molar-refractivity contribution in [1.29, 1.82) is 0 Å². The van der Waals surface area contributed by atoms with E-state index in [1.807, 2.05) is 41.3 Å². The van der Waals surface area contributed by atoms with Gasteiger partial charge < -0.3 is 9.88 Å². The Hall–Kier alpha value is -3.88. The van der Waals surface area contributed by atoms with E-state index in [0.717, 1.165) is 38.9 Å². The van der Waals surface area contributed by atoms with Gasteiger partial charge in [0.15, 0.2) is 5.82 Å². The average Bonchev–Trinajstić information content (AvgIpc) is 3.43. The third-order valence-corrected chi connectivity index (χ3v) is 5.96. The van der Waals surface area contributed by atoms with Gasteiger partial charge in [0, 0.05) is 49.3 Å². The van der Waals surface area contributed by atoms with Crippen molar-refractivity contribution in [2.45, 2.75) is 18.8 Å². The first kappa shape index (κ1) is 18.9. The summed E-state index contributed by atoms with van der Waals surface area (Å²) in [6.45, 7) is 0.611. The number of alkyl halides is 2. The summed E-state index contributed by atoms with van der Waals surface area (Å²) < 4.78 is 27.3. The lowest BCUT2D eigenvalue weighted by Gasteiger charge is -2.33. The summed E-state index contributed by atoms with van der Waals surface area (Å²) in [4.78, 5) is 18.8. The van der Waals surface area contributed by atoms with Crippen LogP contribution in [0.5, 0.6) is 0 Å². The van der Waals surface area contributed by atoms with Crippen LogP contribution in [-0.2, 0) is 0 Å². The first-order chi connectivity index (χ1) is 15.6. The number of piperidine rings is 1. The number of nitrogens with one attached hydrogen (secondary N) is 2. The molecule has 7 nitrogen and oxygen atoms in total. The molecule has 9 heteroatoms. The van der Waals surface area contributed by atoms with Crippen molar-refractivity contribution in [2.24, 2.45) is 0 Å². The molecule has 5 aromatic rings. The number of hydrogen-bond donors (Lipinski definition) is 2. The maximum absolute atomic E-state index is 13.6. The molecule has 6 rings (SSSR count). The average molecular weight is 431 g/mol. The number of benzene rings is 1. The van der Waals surface area contributed by atoms with Crippen LogP contribution in [0.25, 0.3) is 44.7 Å². The van der Waals surface area contributed by atoms with Crippen molar-refractivity contribution in [1.82, 2.24) is 30.1 Å². The van der Waals surface area contributed by atoms with Crippen LogP contribution >= 0.6 is 0 Å². The molecule has 1 saturated heterocycles. The van der Waals surface area contributed by atoms with Gasteiger partial charge in [-0.25, -0.2) is 13.8 Å². The number of fused-ring (bicyclic) bond motifs is 2. The van der Waals surface area contributed by atoms with Gasteiger partial charge in [-0.2, -0.15) is 5.10 Å². The maximum atomic E-state index is 13.6. The van der Waals surface area contributed by atoms with Gasteiger partial charge >= 0.3 is 0 Å². The minimum Gasteiger partial charge on any atom is -0.369 e. The largest absolute Gasteiger partial charge is 0.369 e. The van der Waals surface area contributed by atoms with Crippen LogP contribution in [0, 0.1) is 0 Å². The fourth-order valence-electron chi connectivity index (χ4n) is 4.23. The van der Waals surface area contributed by atoms with Gasteiger partial charge in [-0.15, -0.1) is 0 Å². The van der Waals surface area contributed by atoms with Crippen molar-refractivity contribution in [2.75, 3.05) is 18.0 Å². The monoisotopic (exact) mass is 431 g/mol. The van der Waals surface area contributed by atoms with Crippen LogP contribution in [0.15, 0.2) is 55.0 Å². The second-order valence-electron chi connectivity index (χ2n) is 8.03. The smallest absolute Gasteiger partial charge is 0.251 e. The number of aromatic nitrogens is 6. The van der Waals surface area contributed by atoms with E-state index in [1.54, 1.807) is 18.6 Å². The number of H-pyrrole nitrogens is 2. The number of anilines is 1. The van der Waals surface area contributed by atoms with E-state index in [0.29, 0.717) is 24.6 Å². The summed E-state index contributed by atoms with van der Waals surface area (Å²) >= 11 is 0. The Balaban J connectivity index is 1.42. The molecule has 5 heterocycles. The lowest BCUT2D eigenvalue weighted by molar-refractivity contribution is -0.0220. The van der Waals surface area contributed by atoms with Crippen LogP contribution in [0.3, 0.4) is 0 Å². The molecular formula is C23H19F2N7. The van der Waals surface area contributed by atoms with E-state index in [-0.39, 0.29) is 12.8 Å². The fourth-order valence-corrected chi connectivity index (χ4v) is 4.23. The molecule has 0 unspecified atom stereocenters. The number of aromatic amines is 2. The van der Waals surface area contributed by atoms with Crippen LogP contribution in [-0.4, -0.2) is 49.1 Å². The predicted octanol–water partition coefficient (Wildman–Crippen LogP) is 4.80. The van der Waals surface area contributed by atoms with Gasteiger partial charge in [0.1, 0.15) is 11.2 Å². The quantitative estimate of drug-likeness (QED) is 0.429. The molecule has 1 aliphatic rings. The van der Waals surface area contributed by atoms with E-state index in [4.69, 9.17) is 4.98 Å². The summed E-state index contributed by atoms with van der Waals surface area (Å²) in [5, 5.41) is 8.37. The summed E-state index contributed by atoms with van der Waals surface area (Å²) in [5.74, 6) is -1.97. The van der Waals surface area contributed by atoms with Gasteiger partial charge in [-0.1, -0.05) is 6.07 Å². The fraction of sp³-hybridized carbons (Fsp3) is 0.217. The molecule has 160 valence electrons. The molecule has 1 aromatic carbocycles. The maximum Gasteiger partial charge on any atom is 0.251 e. The zero-order chi connectivity index (χ0) is 21.7. The molecule has 0 bridgehead atoms. The van der Waals surface area contributed by atoms with Crippen molar-refractivity contribution in [3.8, 4) is 22.8 Å². The zero-order valence-electron chi connectivity index (χ0n) is 17.0. The molecule has 32 heavy (non-hydrogen) atoms. The molecule has 1 aliphatic heterocycles. The molecule has 4 aromatic heterocycles. The third-order valence-electron chi connectivity index (χ3n) is 5.96. The molecule has 0 radical (unpaired) electrons. The summed E-state index contributed by atoms with van der Waals surface area (Å²) in [6, 6.07) is 11.6. The Labute approximate surface area is 181 Å². The molecule has 0 spiro atoms. The van der Waals surface area contributed by atoms with Crippen LogP contribution in [0.2, 0.25) is 0 Å². The Kier molecular flexibility index (Phi) is 4.17. The normalized spacial score (nSPS) is 16.1. The van der Waals surface area contributed by atoms with Crippen LogP contribution in [0.4, 0.5) is 14.5 Å². The highest BCUT2D eigenvalue weighted by Gasteiger charge is 2.34. The SMILES string of the molecule is FC1(F)CCN(c2cccc3[nH]c(-c4n[nH]c5cnc(-c6cccnc6)cc45)nc23)CC1. The highest BCUT2D eigenvalue weighted by molar-refractivity contribution is 5.96. The molecule has 0 amide bonds. The number of para-hydroxylation sites is 1. The lowest BCUT2D eigenvalue weighted by Crippen LogP contribution is -2.39. The minimum atomic E-state index is -2.59. The van der Waals surface area contributed by atoms with Gasteiger partial charge in [-0.05, 0) is 30.3 Å². The van der Waals surface area contributed by atoms with Crippen LogP contribution < -0.4 is 4.90 Å². The Morgan fingerprint density at radius 2 is 1.88 bits per heavy atom. The second kappa shape index (κ2) is 7.08. The van der Waals surface area contributed by atoms with E-state index in [2.05, 4.69) is 25.1 Å². The van der Waals surface area contributed by atoms with Gasteiger partial charge in [-0.3, -0.25) is 15.1 Å². The van der Waals surface area contributed by atoms with Gasteiger partial charge in [0.05, 0.1) is 28.6 Å². The molecular weight excluding hydrogens is 412 g/mol. The Bertz CT molecular complexity index is 1410. The van der Waals surface area contributed by atoms with Crippen molar-refractivity contribution in [3.63, 3.8) is 0 Å². The highest BCUT2D eigenvalue weighted by atomic mass is 19.3. The zero-order valence-corrected chi connectivity index (χ0v) is 17.0. The third kappa shape index (κ3) is 3.17. The van der Waals surface area contributed by atoms with Crippen molar-refractivity contribution < 1.29 is 8.78 Å². The summed E-state index contributed by atoms with van der Waals surface area (Å²) in [7, 11) is 0. The Morgan fingerprint density at radius 3 is 2.69 bits per heavy atom. The lowest BCUT2D eigenvalue weighted by atomic mass is 10.1. The molecule has 2 N–H and O–H groups in total. The molecule has 0 saturated carbocycles. The number of pyridine rings is 2. The predicted molar refractivity (Wildman–Crippen MR) is 119 cm³/mol. The van der Waals surface area contributed by atoms with Crippen molar-refractivity contribution in [3.05, 3.63) is 55.0 Å². The van der Waals surface area contributed by atoms with E-state index < -0.39 is 5.92 Å². The first-order valence-electron chi connectivity index (χ1n) is 10.4. The number of hydrogen-bond acceptors (Lipinski definition) is 5. The number of rotatable bonds is 3. The first-order valence-corrected chi connectivity index (χ1v) is 10.4. The molecule has 1 fully saturated rings. The van der Waals surface area contributed by atoms with E-state index >= 15 is 0 Å². The Morgan fingerprint density at radius 1 is 1.00 bits per heavy atom. The van der Waals surface area contributed by atoms with E-state index in [9.17, 15) is 8.78 Å². The van der Waals surface area contributed by atoms with Crippen molar-refractivity contribution >= 4 is 27.6 Å². The molecule has 0 atom stereocenters. The number of halogens is 2. The summed E-state index contributed by atoms with van der Waals surface area (Å²) in [5.41, 5.74) is 5.64.